The Labute approximate surface area is 181 Å². The highest BCUT2D eigenvalue weighted by molar-refractivity contribution is 7.91. The minimum absolute atomic E-state index is 0.0441. The monoisotopic (exact) mass is 452 g/mol. The number of hydrogen-bond donors (Lipinski definition) is 1. The SMILES string of the molecule is O=C(NCC[C@@H]1CCCCN1S(=O)(=O)c1cccs1)C1(c2cccs2)CCCC1. The van der Waals surface area contributed by atoms with Crippen LogP contribution in [0.1, 0.15) is 56.2 Å². The summed E-state index contributed by atoms with van der Waals surface area (Å²) < 4.78 is 28.1. The Kier molecular flexibility index (Phi) is 6.44. The smallest absolute Gasteiger partial charge is 0.252 e. The standard InChI is InChI=1S/C21H28N2O3S3/c24-20(21(11-2-3-12-21)18-8-5-15-27-18)22-13-10-17-7-1-4-14-23(17)29(25,26)19-9-6-16-28-19/h5-6,8-9,15-17H,1-4,7,10-14H2,(H,22,24)/t17-/m0/s1. The molecule has 1 N–H and O–H groups in total. The Hall–Kier alpha value is -1.22. The largest absolute Gasteiger partial charge is 0.355 e. The second-order valence-electron chi connectivity index (χ2n) is 8.01. The molecule has 4 rings (SSSR count). The average molecular weight is 453 g/mol. The highest BCUT2D eigenvalue weighted by atomic mass is 32.2. The van der Waals surface area contributed by atoms with E-state index in [9.17, 15) is 13.2 Å². The molecule has 2 aromatic rings. The van der Waals surface area contributed by atoms with Crippen molar-refractivity contribution in [2.45, 2.75) is 67.0 Å². The van der Waals surface area contributed by atoms with Crippen LogP contribution in [0.25, 0.3) is 0 Å². The first-order valence-electron chi connectivity index (χ1n) is 10.4. The van der Waals surface area contributed by atoms with Crippen LogP contribution in [-0.4, -0.2) is 37.8 Å². The Bertz CT molecular complexity index is 901. The number of carbonyl (C=O) groups is 1. The van der Waals surface area contributed by atoms with Crippen molar-refractivity contribution in [1.29, 1.82) is 0 Å². The lowest BCUT2D eigenvalue weighted by atomic mass is 9.83. The zero-order valence-corrected chi connectivity index (χ0v) is 19.0. The first kappa shape index (κ1) is 21.0. The first-order chi connectivity index (χ1) is 14.0. The van der Waals surface area contributed by atoms with Crippen LogP contribution >= 0.6 is 22.7 Å². The van der Waals surface area contributed by atoms with E-state index in [1.54, 1.807) is 33.2 Å². The summed E-state index contributed by atoms with van der Waals surface area (Å²) in [6, 6.07) is 7.51. The molecule has 2 fully saturated rings. The lowest BCUT2D eigenvalue weighted by Gasteiger charge is -2.34. The Morgan fingerprint density at radius 1 is 1.10 bits per heavy atom. The molecule has 5 nitrogen and oxygen atoms in total. The highest BCUT2D eigenvalue weighted by Gasteiger charge is 2.43. The van der Waals surface area contributed by atoms with Crippen LogP contribution in [0.15, 0.2) is 39.2 Å². The van der Waals surface area contributed by atoms with E-state index >= 15 is 0 Å². The quantitative estimate of drug-likeness (QED) is 0.678. The minimum Gasteiger partial charge on any atom is -0.355 e. The van der Waals surface area contributed by atoms with Gasteiger partial charge in [0.15, 0.2) is 0 Å². The van der Waals surface area contributed by atoms with Gasteiger partial charge >= 0.3 is 0 Å². The van der Waals surface area contributed by atoms with Gasteiger partial charge in [-0.3, -0.25) is 4.79 Å². The molecule has 2 aromatic heterocycles. The predicted octanol–water partition coefficient (Wildman–Crippen LogP) is 4.37. The van der Waals surface area contributed by atoms with Crippen molar-refractivity contribution in [3.63, 3.8) is 0 Å². The molecule has 1 saturated carbocycles. The van der Waals surface area contributed by atoms with Crippen molar-refractivity contribution in [3.05, 3.63) is 39.9 Å². The zero-order chi connectivity index (χ0) is 20.3. The van der Waals surface area contributed by atoms with Crippen LogP contribution in [0.2, 0.25) is 0 Å². The van der Waals surface area contributed by atoms with Gasteiger partial charge in [0.05, 0.1) is 5.41 Å². The number of hydrogen-bond acceptors (Lipinski definition) is 5. The highest BCUT2D eigenvalue weighted by Crippen LogP contribution is 2.43. The van der Waals surface area contributed by atoms with Crippen LogP contribution in [0.3, 0.4) is 0 Å². The maximum Gasteiger partial charge on any atom is 0.252 e. The molecule has 1 saturated heterocycles. The van der Waals surface area contributed by atoms with Gasteiger partial charge in [-0.2, -0.15) is 4.31 Å². The second-order valence-corrected chi connectivity index (χ2v) is 12.0. The molecule has 0 spiro atoms. The third-order valence-corrected chi connectivity index (χ3v) is 10.7. The second kappa shape index (κ2) is 8.88. The van der Waals surface area contributed by atoms with Crippen molar-refractivity contribution in [3.8, 4) is 0 Å². The number of carbonyl (C=O) groups excluding carboxylic acids is 1. The summed E-state index contributed by atoms with van der Waals surface area (Å²) in [7, 11) is -3.44. The van der Waals surface area contributed by atoms with E-state index in [-0.39, 0.29) is 17.4 Å². The van der Waals surface area contributed by atoms with Gasteiger partial charge in [0.1, 0.15) is 4.21 Å². The van der Waals surface area contributed by atoms with Gasteiger partial charge in [-0.05, 0) is 55.0 Å². The number of amides is 1. The molecule has 1 amide bonds. The molecular formula is C21H28N2O3S3. The normalized spacial score (nSPS) is 22.6. The van der Waals surface area contributed by atoms with Crippen LogP contribution in [0, 0.1) is 0 Å². The van der Waals surface area contributed by atoms with E-state index in [1.807, 2.05) is 11.4 Å². The van der Waals surface area contributed by atoms with E-state index in [0.29, 0.717) is 23.7 Å². The van der Waals surface area contributed by atoms with Gasteiger partial charge in [0, 0.05) is 24.0 Å². The fourth-order valence-electron chi connectivity index (χ4n) is 4.74. The molecule has 8 heteroatoms. The Morgan fingerprint density at radius 2 is 1.86 bits per heavy atom. The molecule has 0 aromatic carbocycles. The number of nitrogens with zero attached hydrogens (tertiary/aromatic N) is 1. The number of thiophene rings is 2. The molecule has 3 heterocycles. The molecule has 1 aliphatic heterocycles. The molecule has 0 radical (unpaired) electrons. The van der Waals surface area contributed by atoms with Gasteiger partial charge in [0.2, 0.25) is 5.91 Å². The summed E-state index contributed by atoms with van der Waals surface area (Å²) in [5.74, 6) is 0.112. The molecule has 29 heavy (non-hydrogen) atoms. The van der Waals surface area contributed by atoms with Gasteiger partial charge in [0.25, 0.3) is 10.0 Å². The van der Waals surface area contributed by atoms with E-state index in [4.69, 9.17) is 0 Å². The van der Waals surface area contributed by atoms with E-state index in [0.717, 1.165) is 49.8 Å². The predicted molar refractivity (Wildman–Crippen MR) is 118 cm³/mol. The van der Waals surface area contributed by atoms with Gasteiger partial charge < -0.3 is 5.32 Å². The lowest BCUT2D eigenvalue weighted by molar-refractivity contribution is -0.126. The topological polar surface area (TPSA) is 66.5 Å². The van der Waals surface area contributed by atoms with E-state index < -0.39 is 10.0 Å². The van der Waals surface area contributed by atoms with Crippen LogP contribution in [0.4, 0.5) is 0 Å². The number of nitrogens with one attached hydrogen (secondary N) is 1. The van der Waals surface area contributed by atoms with E-state index in [2.05, 4.69) is 11.4 Å². The fraction of sp³-hybridized carbons (Fsp3) is 0.571. The van der Waals surface area contributed by atoms with Crippen molar-refractivity contribution < 1.29 is 13.2 Å². The van der Waals surface area contributed by atoms with Gasteiger partial charge in [-0.25, -0.2) is 8.42 Å². The summed E-state index contributed by atoms with van der Waals surface area (Å²) in [6.45, 7) is 1.09. The van der Waals surface area contributed by atoms with Crippen molar-refractivity contribution >= 4 is 38.6 Å². The maximum atomic E-state index is 13.1. The molecule has 2 aliphatic rings. The summed E-state index contributed by atoms with van der Waals surface area (Å²) in [6.07, 6.45) is 7.43. The fourth-order valence-corrected chi connectivity index (χ4v) is 8.57. The number of piperidine rings is 1. The number of sulfonamides is 1. The van der Waals surface area contributed by atoms with Crippen LogP contribution in [0.5, 0.6) is 0 Å². The summed E-state index contributed by atoms with van der Waals surface area (Å²) in [4.78, 5) is 14.3. The van der Waals surface area contributed by atoms with E-state index in [1.165, 1.54) is 11.3 Å². The van der Waals surface area contributed by atoms with Crippen LogP contribution < -0.4 is 5.32 Å². The Morgan fingerprint density at radius 3 is 2.55 bits per heavy atom. The first-order valence-corrected chi connectivity index (χ1v) is 13.6. The average Bonchev–Trinajstić information content (AvgIpc) is 3.51. The third kappa shape index (κ3) is 4.17. The van der Waals surface area contributed by atoms with Crippen molar-refractivity contribution in [1.82, 2.24) is 9.62 Å². The zero-order valence-electron chi connectivity index (χ0n) is 16.5. The molecule has 0 unspecified atom stereocenters. The lowest BCUT2D eigenvalue weighted by Crippen LogP contribution is -2.47. The molecule has 0 bridgehead atoms. The maximum absolute atomic E-state index is 13.1. The molecular weight excluding hydrogens is 424 g/mol. The summed E-state index contributed by atoms with van der Waals surface area (Å²) >= 11 is 2.93. The Balaban J connectivity index is 1.41. The van der Waals surface area contributed by atoms with Gasteiger partial charge in [-0.15, -0.1) is 22.7 Å². The van der Waals surface area contributed by atoms with Crippen molar-refractivity contribution in [2.24, 2.45) is 0 Å². The molecule has 1 atom stereocenters. The van der Waals surface area contributed by atoms with Gasteiger partial charge in [-0.1, -0.05) is 31.4 Å². The van der Waals surface area contributed by atoms with Crippen molar-refractivity contribution in [2.75, 3.05) is 13.1 Å². The minimum atomic E-state index is -3.44. The summed E-state index contributed by atoms with van der Waals surface area (Å²) in [5.41, 5.74) is -0.385. The summed E-state index contributed by atoms with van der Waals surface area (Å²) in [5, 5.41) is 7.00. The number of rotatable bonds is 7. The molecule has 158 valence electrons. The van der Waals surface area contributed by atoms with Crippen LogP contribution in [-0.2, 0) is 20.2 Å². The third-order valence-electron chi connectivity index (χ3n) is 6.28. The molecule has 1 aliphatic carbocycles.